The largest absolute Gasteiger partial charge is 0.399 e. The molecule has 27 heavy (non-hydrogen) atoms. The number of thiophene rings is 1. The summed E-state index contributed by atoms with van der Waals surface area (Å²) in [5.41, 5.74) is 14.6. The van der Waals surface area contributed by atoms with Gasteiger partial charge in [0, 0.05) is 28.7 Å². The molecule has 0 atom stereocenters. The molecule has 2 heterocycles. The molecule has 0 bridgehead atoms. The van der Waals surface area contributed by atoms with Gasteiger partial charge in [-0.3, -0.25) is 4.79 Å². The Labute approximate surface area is 163 Å². The molecule has 1 amide bonds. The number of amides is 1. The van der Waals surface area contributed by atoms with E-state index in [1.807, 2.05) is 24.3 Å². The Balaban J connectivity index is 1.70. The second-order valence-electron chi connectivity index (χ2n) is 7.05. The standard InChI is InChI=1S/C21H24N4OS/c22-16-3-1-2-14(10-16)13-25(17-6-8-24-9-7-17)18-4-5-19-15(11-18)12-20(27-19)21(23)26/h1-5,10-12,17,24H,6-9,13,22H2,(H2,23,26). The van der Waals surface area contributed by atoms with Gasteiger partial charge in [0.2, 0.25) is 0 Å². The van der Waals surface area contributed by atoms with Gasteiger partial charge in [-0.05, 0) is 73.3 Å². The molecule has 0 radical (unpaired) electrons. The number of fused-ring (bicyclic) bond motifs is 1. The number of benzene rings is 2. The van der Waals surface area contributed by atoms with Crippen molar-refractivity contribution < 1.29 is 4.79 Å². The highest BCUT2D eigenvalue weighted by Crippen LogP contribution is 2.32. The summed E-state index contributed by atoms with van der Waals surface area (Å²) in [6.07, 6.45) is 2.22. The number of nitrogen functional groups attached to an aromatic ring is 1. The van der Waals surface area contributed by atoms with Gasteiger partial charge >= 0.3 is 0 Å². The Hall–Kier alpha value is -2.57. The van der Waals surface area contributed by atoms with E-state index in [1.54, 1.807) is 0 Å². The summed E-state index contributed by atoms with van der Waals surface area (Å²) in [6.45, 7) is 2.88. The van der Waals surface area contributed by atoms with Crippen LogP contribution in [-0.2, 0) is 6.54 Å². The number of carbonyl (C=O) groups is 1. The van der Waals surface area contributed by atoms with Crippen LogP contribution in [0.5, 0.6) is 0 Å². The highest BCUT2D eigenvalue weighted by atomic mass is 32.1. The SMILES string of the molecule is NC(=O)c1cc2cc(N(Cc3cccc(N)c3)C3CCNCC3)ccc2s1. The summed E-state index contributed by atoms with van der Waals surface area (Å²) in [4.78, 5) is 14.6. The van der Waals surface area contributed by atoms with Crippen molar-refractivity contribution in [1.82, 2.24) is 5.32 Å². The number of primary amides is 1. The number of anilines is 2. The van der Waals surface area contributed by atoms with Crippen molar-refractivity contribution in [3.05, 3.63) is 59.0 Å². The van der Waals surface area contributed by atoms with Crippen molar-refractivity contribution in [1.29, 1.82) is 0 Å². The summed E-state index contributed by atoms with van der Waals surface area (Å²) < 4.78 is 1.08. The molecule has 5 N–H and O–H groups in total. The number of nitrogens with zero attached hydrogens (tertiary/aromatic N) is 1. The normalized spacial score (nSPS) is 15.1. The van der Waals surface area contributed by atoms with Crippen LogP contribution in [0.1, 0.15) is 28.1 Å². The van der Waals surface area contributed by atoms with E-state index in [1.165, 1.54) is 22.6 Å². The molecule has 2 aromatic carbocycles. The predicted octanol–water partition coefficient (Wildman–Crippen LogP) is 3.34. The van der Waals surface area contributed by atoms with Gasteiger partial charge in [0.1, 0.15) is 0 Å². The van der Waals surface area contributed by atoms with Gasteiger partial charge in [0.15, 0.2) is 0 Å². The minimum atomic E-state index is -0.368. The van der Waals surface area contributed by atoms with Gasteiger partial charge in [-0.1, -0.05) is 12.1 Å². The van der Waals surface area contributed by atoms with Crippen LogP contribution >= 0.6 is 11.3 Å². The fourth-order valence-corrected chi connectivity index (χ4v) is 4.66. The number of piperidine rings is 1. The minimum Gasteiger partial charge on any atom is -0.399 e. The third-order valence-electron chi connectivity index (χ3n) is 5.13. The summed E-state index contributed by atoms with van der Waals surface area (Å²) in [5, 5.41) is 4.51. The topological polar surface area (TPSA) is 84.4 Å². The monoisotopic (exact) mass is 380 g/mol. The zero-order chi connectivity index (χ0) is 18.8. The molecule has 1 saturated heterocycles. The molecule has 6 heteroatoms. The highest BCUT2D eigenvalue weighted by molar-refractivity contribution is 7.20. The number of nitrogens with two attached hydrogens (primary N) is 2. The number of hydrogen-bond acceptors (Lipinski definition) is 5. The molecular formula is C21H24N4OS. The van der Waals surface area contributed by atoms with Crippen molar-refractivity contribution in [3.8, 4) is 0 Å². The molecule has 3 aromatic rings. The molecule has 4 rings (SSSR count). The van der Waals surface area contributed by atoms with E-state index >= 15 is 0 Å². The van der Waals surface area contributed by atoms with Crippen LogP contribution in [0.2, 0.25) is 0 Å². The van der Waals surface area contributed by atoms with Crippen LogP contribution in [0.4, 0.5) is 11.4 Å². The van der Waals surface area contributed by atoms with Crippen LogP contribution in [-0.4, -0.2) is 25.0 Å². The maximum absolute atomic E-state index is 11.5. The number of hydrogen-bond donors (Lipinski definition) is 3. The maximum Gasteiger partial charge on any atom is 0.258 e. The van der Waals surface area contributed by atoms with Gasteiger partial charge in [-0.15, -0.1) is 11.3 Å². The Morgan fingerprint density at radius 3 is 2.70 bits per heavy atom. The molecule has 1 aliphatic heterocycles. The summed E-state index contributed by atoms with van der Waals surface area (Å²) in [7, 11) is 0. The molecule has 0 unspecified atom stereocenters. The van der Waals surface area contributed by atoms with Gasteiger partial charge in [-0.2, -0.15) is 0 Å². The van der Waals surface area contributed by atoms with Crippen molar-refractivity contribution in [3.63, 3.8) is 0 Å². The molecule has 0 saturated carbocycles. The second kappa shape index (κ2) is 7.58. The van der Waals surface area contributed by atoms with Crippen molar-refractivity contribution >= 4 is 38.7 Å². The smallest absolute Gasteiger partial charge is 0.258 e. The molecule has 0 spiro atoms. The van der Waals surface area contributed by atoms with Gasteiger partial charge < -0.3 is 21.7 Å². The lowest BCUT2D eigenvalue weighted by Crippen LogP contribution is -2.43. The predicted molar refractivity (Wildman–Crippen MR) is 113 cm³/mol. The van der Waals surface area contributed by atoms with Crippen LogP contribution in [0.3, 0.4) is 0 Å². The van der Waals surface area contributed by atoms with E-state index < -0.39 is 0 Å². The van der Waals surface area contributed by atoms with Crippen LogP contribution in [0.15, 0.2) is 48.5 Å². The minimum absolute atomic E-state index is 0.368. The number of carbonyl (C=O) groups excluding carboxylic acids is 1. The first-order chi connectivity index (χ1) is 13.1. The average Bonchev–Trinajstić information content (AvgIpc) is 3.10. The fraction of sp³-hybridized carbons (Fsp3) is 0.286. The highest BCUT2D eigenvalue weighted by Gasteiger charge is 2.22. The lowest BCUT2D eigenvalue weighted by molar-refractivity contribution is 0.100. The number of nitrogens with one attached hydrogen (secondary N) is 1. The van der Waals surface area contributed by atoms with E-state index in [0.29, 0.717) is 10.9 Å². The van der Waals surface area contributed by atoms with Crippen LogP contribution < -0.4 is 21.7 Å². The van der Waals surface area contributed by atoms with E-state index in [4.69, 9.17) is 11.5 Å². The zero-order valence-electron chi connectivity index (χ0n) is 15.2. The zero-order valence-corrected chi connectivity index (χ0v) is 16.0. The van der Waals surface area contributed by atoms with E-state index in [9.17, 15) is 4.79 Å². The lowest BCUT2D eigenvalue weighted by Gasteiger charge is -2.36. The Morgan fingerprint density at radius 2 is 1.96 bits per heavy atom. The number of rotatable bonds is 5. The first kappa shape index (κ1) is 17.8. The van der Waals surface area contributed by atoms with Crippen LogP contribution in [0.25, 0.3) is 10.1 Å². The maximum atomic E-state index is 11.5. The first-order valence-corrected chi connectivity index (χ1v) is 10.1. The third-order valence-corrected chi connectivity index (χ3v) is 6.26. The lowest BCUT2D eigenvalue weighted by atomic mass is 10.0. The van der Waals surface area contributed by atoms with E-state index in [2.05, 4.69) is 34.5 Å². The molecular weight excluding hydrogens is 356 g/mol. The van der Waals surface area contributed by atoms with Crippen molar-refractivity contribution in [2.24, 2.45) is 5.73 Å². The van der Waals surface area contributed by atoms with Crippen molar-refractivity contribution in [2.75, 3.05) is 23.7 Å². The Bertz CT molecular complexity index is 962. The van der Waals surface area contributed by atoms with E-state index in [0.717, 1.165) is 48.2 Å². The first-order valence-electron chi connectivity index (χ1n) is 9.25. The van der Waals surface area contributed by atoms with Gasteiger partial charge in [0.05, 0.1) is 4.88 Å². The quantitative estimate of drug-likeness (QED) is 0.593. The Morgan fingerprint density at radius 1 is 1.15 bits per heavy atom. The molecule has 140 valence electrons. The fourth-order valence-electron chi connectivity index (χ4n) is 3.77. The average molecular weight is 381 g/mol. The molecule has 1 aliphatic rings. The second-order valence-corrected chi connectivity index (χ2v) is 8.13. The summed E-state index contributed by atoms with van der Waals surface area (Å²) in [6, 6.07) is 16.9. The summed E-state index contributed by atoms with van der Waals surface area (Å²) >= 11 is 1.45. The van der Waals surface area contributed by atoms with Crippen LogP contribution in [0, 0.1) is 0 Å². The van der Waals surface area contributed by atoms with E-state index in [-0.39, 0.29) is 5.91 Å². The van der Waals surface area contributed by atoms with Crippen molar-refractivity contribution in [2.45, 2.75) is 25.4 Å². The molecule has 5 nitrogen and oxygen atoms in total. The molecule has 0 aliphatic carbocycles. The molecule has 1 fully saturated rings. The Kier molecular flexibility index (Phi) is 5.01. The van der Waals surface area contributed by atoms with Gasteiger partial charge in [0.25, 0.3) is 5.91 Å². The molecule has 1 aromatic heterocycles. The van der Waals surface area contributed by atoms with Gasteiger partial charge in [-0.25, -0.2) is 0 Å². The third kappa shape index (κ3) is 3.91. The summed E-state index contributed by atoms with van der Waals surface area (Å²) in [5.74, 6) is -0.368.